The van der Waals surface area contributed by atoms with Crippen molar-refractivity contribution in [3.8, 4) is 0 Å². The fourth-order valence-electron chi connectivity index (χ4n) is 1.47. The Balaban J connectivity index is 2.51. The van der Waals surface area contributed by atoms with Gasteiger partial charge in [-0.1, -0.05) is 32.4 Å². The van der Waals surface area contributed by atoms with E-state index in [2.05, 4.69) is 19.6 Å². The second-order valence-electron chi connectivity index (χ2n) is 4.25. The molecule has 0 radical (unpaired) electrons. The number of rotatable bonds is 6. The molecule has 1 aromatic carbocycles. The minimum atomic E-state index is -0.270. The van der Waals surface area contributed by atoms with Gasteiger partial charge in [0.15, 0.2) is 0 Å². The zero-order valence-corrected chi connectivity index (χ0v) is 11.4. The Morgan fingerprint density at radius 1 is 1.35 bits per heavy atom. The van der Waals surface area contributed by atoms with Crippen molar-refractivity contribution in [2.24, 2.45) is 0 Å². The summed E-state index contributed by atoms with van der Waals surface area (Å²) in [4.78, 5) is 11.6. The lowest BCUT2D eigenvalue weighted by Crippen LogP contribution is -2.11. The van der Waals surface area contributed by atoms with Gasteiger partial charge in [-0.15, -0.1) is 0 Å². The van der Waals surface area contributed by atoms with Gasteiger partial charge in [-0.2, -0.15) is 12.6 Å². The van der Waals surface area contributed by atoms with E-state index in [1.165, 1.54) is 18.4 Å². The van der Waals surface area contributed by atoms with Gasteiger partial charge < -0.3 is 4.74 Å². The number of hydrogen-bond acceptors (Lipinski definition) is 3. The fraction of sp³-hybridized carbons (Fsp3) is 0.500. The minimum absolute atomic E-state index is 0.0720. The maximum Gasteiger partial charge on any atom is 0.338 e. The average molecular weight is 252 g/mol. The van der Waals surface area contributed by atoms with Crippen LogP contribution in [0.1, 0.15) is 42.6 Å². The highest BCUT2D eigenvalue weighted by Crippen LogP contribution is 2.09. The van der Waals surface area contributed by atoms with Gasteiger partial charge in [-0.05, 0) is 30.5 Å². The molecule has 1 aromatic rings. The van der Waals surface area contributed by atoms with Crippen molar-refractivity contribution < 1.29 is 9.53 Å². The van der Waals surface area contributed by atoms with Gasteiger partial charge in [0.1, 0.15) is 6.61 Å². The summed E-state index contributed by atoms with van der Waals surface area (Å²) in [6.07, 6.45) is 3.43. The summed E-state index contributed by atoms with van der Waals surface area (Å²) in [5, 5.41) is 0.0720. The predicted octanol–water partition coefficient (Wildman–Crippen LogP) is 3.50. The zero-order valence-electron chi connectivity index (χ0n) is 10.5. The van der Waals surface area contributed by atoms with Crippen molar-refractivity contribution in [3.63, 3.8) is 0 Å². The monoisotopic (exact) mass is 252 g/mol. The molecule has 0 N–H and O–H groups in total. The van der Waals surface area contributed by atoms with Crippen LogP contribution in [-0.2, 0) is 11.2 Å². The first-order valence-electron chi connectivity index (χ1n) is 6.07. The van der Waals surface area contributed by atoms with Crippen LogP contribution in [0.4, 0.5) is 0 Å². The fourth-order valence-corrected chi connectivity index (χ4v) is 1.54. The van der Waals surface area contributed by atoms with Crippen molar-refractivity contribution in [1.82, 2.24) is 0 Å². The second-order valence-corrected chi connectivity index (χ2v) is 5.13. The molecule has 0 fully saturated rings. The van der Waals surface area contributed by atoms with Crippen molar-refractivity contribution in [3.05, 3.63) is 35.4 Å². The highest BCUT2D eigenvalue weighted by atomic mass is 32.1. The molecule has 17 heavy (non-hydrogen) atoms. The Morgan fingerprint density at radius 2 is 2.00 bits per heavy atom. The number of carbonyl (C=O) groups is 1. The van der Waals surface area contributed by atoms with E-state index in [1.54, 1.807) is 0 Å². The van der Waals surface area contributed by atoms with Gasteiger partial charge in [-0.3, -0.25) is 0 Å². The van der Waals surface area contributed by atoms with Gasteiger partial charge in [0, 0.05) is 5.25 Å². The number of esters is 1. The van der Waals surface area contributed by atoms with E-state index < -0.39 is 0 Å². The van der Waals surface area contributed by atoms with Crippen LogP contribution >= 0.6 is 12.6 Å². The molecule has 1 unspecified atom stereocenters. The molecular weight excluding hydrogens is 232 g/mol. The zero-order chi connectivity index (χ0) is 12.7. The molecular formula is C14H20O2S. The lowest BCUT2D eigenvalue weighted by molar-refractivity contribution is 0.0511. The van der Waals surface area contributed by atoms with Gasteiger partial charge in [0.2, 0.25) is 0 Å². The summed E-state index contributed by atoms with van der Waals surface area (Å²) in [5.74, 6) is -0.270. The van der Waals surface area contributed by atoms with Crippen LogP contribution in [0.5, 0.6) is 0 Å². The van der Waals surface area contributed by atoms with Crippen LogP contribution < -0.4 is 0 Å². The molecule has 1 atom stereocenters. The third kappa shape index (κ3) is 5.26. The van der Waals surface area contributed by atoms with Gasteiger partial charge >= 0.3 is 5.97 Å². The summed E-state index contributed by atoms with van der Waals surface area (Å²) >= 11 is 4.16. The lowest BCUT2D eigenvalue weighted by Gasteiger charge is -2.07. The van der Waals surface area contributed by atoms with E-state index in [0.717, 1.165) is 6.42 Å². The molecule has 0 amide bonds. The molecule has 0 aliphatic rings. The topological polar surface area (TPSA) is 26.3 Å². The predicted molar refractivity (Wildman–Crippen MR) is 73.8 cm³/mol. The number of unbranched alkanes of at least 4 members (excludes halogenated alkanes) is 1. The van der Waals surface area contributed by atoms with Crippen LogP contribution in [0.3, 0.4) is 0 Å². The van der Waals surface area contributed by atoms with Crippen LogP contribution in [0, 0.1) is 0 Å². The molecule has 0 bridgehead atoms. The normalized spacial score (nSPS) is 12.2. The molecule has 0 aliphatic carbocycles. The Kier molecular flexibility index (Phi) is 6.12. The summed E-state index contributed by atoms with van der Waals surface area (Å²) in [6.45, 7) is 4.41. The minimum Gasteiger partial charge on any atom is -0.461 e. The molecule has 0 saturated heterocycles. The highest BCUT2D eigenvalue weighted by Gasteiger charge is 2.07. The number of aryl methyl sites for hydroxylation is 1. The maximum absolute atomic E-state index is 11.6. The Hall–Kier alpha value is -0.960. The van der Waals surface area contributed by atoms with Gasteiger partial charge in [0.05, 0.1) is 5.56 Å². The van der Waals surface area contributed by atoms with E-state index in [4.69, 9.17) is 4.74 Å². The number of hydrogen-bond donors (Lipinski definition) is 1. The van der Waals surface area contributed by atoms with E-state index >= 15 is 0 Å². The van der Waals surface area contributed by atoms with Crippen molar-refractivity contribution >= 4 is 18.6 Å². The highest BCUT2D eigenvalue weighted by molar-refractivity contribution is 7.80. The number of thiol groups is 1. The van der Waals surface area contributed by atoms with Crippen LogP contribution in [0.25, 0.3) is 0 Å². The first-order valence-corrected chi connectivity index (χ1v) is 6.59. The Morgan fingerprint density at radius 3 is 2.53 bits per heavy atom. The third-order valence-corrected chi connectivity index (χ3v) is 2.61. The van der Waals surface area contributed by atoms with E-state index in [1.807, 2.05) is 31.2 Å². The molecule has 94 valence electrons. The van der Waals surface area contributed by atoms with Crippen molar-refractivity contribution in [2.75, 3.05) is 6.61 Å². The van der Waals surface area contributed by atoms with E-state index in [-0.39, 0.29) is 11.2 Å². The van der Waals surface area contributed by atoms with E-state index in [9.17, 15) is 4.79 Å². The first kappa shape index (κ1) is 14.1. The maximum atomic E-state index is 11.6. The molecule has 1 rings (SSSR count). The standard InChI is InChI=1S/C14H20O2S/c1-3-4-5-12-6-8-13(9-7-12)14(15)16-10-11(2)17/h6-9,11,17H,3-5,10H2,1-2H3. The molecule has 0 spiro atoms. The largest absolute Gasteiger partial charge is 0.461 e. The van der Waals surface area contributed by atoms with Crippen LogP contribution in [0.2, 0.25) is 0 Å². The summed E-state index contributed by atoms with van der Waals surface area (Å²) in [5.41, 5.74) is 1.88. The van der Waals surface area contributed by atoms with Gasteiger partial charge in [0.25, 0.3) is 0 Å². The van der Waals surface area contributed by atoms with Crippen LogP contribution in [-0.4, -0.2) is 17.8 Å². The van der Waals surface area contributed by atoms with Gasteiger partial charge in [-0.25, -0.2) is 4.79 Å². The number of carbonyl (C=O) groups excluding carboxylic acids is 1. The molecule has 0 heterocycles. The first-order chi connectivity index (χ1) is 8.13. The lowest BCUT2D eigenvalue weighted by atomic mass is 10.1. The summed E-state index contributed by atoms with van der Waals surface area (Å²) in [6, 6.07) is 7.65. The smallest absolute Gasteiger partial charge is 0.338 e. The number of benzene rings is 1. The van der Waals surface area contributed by atoms with E-state index in [0.29, 0.717) is 12.2 Å². The summed E-state index contributed by atoms with van der Waals surface area (Å²) < 4.78 is 5.10. The van der Waals surface area contributed by atoms with Crippen molar-refractivity contribution in [2.45, 2.75) is 38.4 Å². The SMILES string of the molecule is CCCCc1ccc(C(=O)OCC(C)S)cc1. The molecule has 0 aliphatic heterocycles. The molecule has 0 aromatic heterocycles. The molecule has 3 heteroatoms. The third-order valence-electron chi connectivity index (χ3n) is 2.46. The quantitative estimate of drug-likeness (QED) is 0.619. The average Bonchev–Trinajstić information content (AvgIpc) is 2.34. The van der Waals surface area contributed by atoms with Crippen molar-refractivity contribution in [1.29, 1.82) is 0 Å². The van der Waals surface area contributed by atoms with Crippen LogP contribution in [0.15, 0.2) is 24.3 Å². The second kappa shape index (κ2) is 7.38. The summed E-state index contributed by atoms with van der Waals surface area (Å²) in [7, 11) is 0. The number of ether oxygens (including phenoxy) is 1. The molecule has 2 nitrogen and oxygen atoms in total. The molecule has 0 saturated carbocycles. The Bertz CT molecular complexity index is 344. The Labute approximate surface area is 109 Å².